The molecule has 3 aliphatic rings. The van der Waals surface area contributed by atoms with Crippen LogP contribution in [0.2, 0.25) is 0 Å². The number of rotatable bonds is 7. The summed E-state index contributed by atoms with van der Waals surface area (Å²) in [5.41, 5.74) is 0.628. The summed E-state index contributed by atoms with van der Waals surface area (Å²) in [4.78, 5) is 37.0. The van der Waals surface area contributed by atoms with Crippen molar-refractivity contribution in [1.29, 1.82) is 0 Å². The first kappa shape index (κ1) is 20.1. The van der Waals surface area contributed by atoms with Crippen molar-refractivity contribution in [3.8, 4) is 11.5 Å². The second-order valence-corrected chi connectivity index (χ2v) is 7.97. The molecule has 0 aromatic heterocycles. The molecule has 1 saturated heterocycles. The molecule has 8 heteroatoms. The van der Waals surface area contributed by atoms with Crippen LogP contribution in [-0.4, -0.2) is 48.8 Å². The van der Waals surface area contributed by atoms with E-state index in [1.54, 1.807) is 32.0 Å². The van der Waals surface area contributed by atoms with E-state index in [-0.39, 0.29) is 48.2 Å². The van der Waals surface area contributed by atoms with Crippen molar-refractivity contribution < 1.29 is 28.6 Å². The van der Waals surface area contributed by atoms with Crippen LogP contribution in [0.4, 0.5) is 0 Å². The number of hydrazone groups is 1. The summed E-state index contributed by atoms with van der Waals surface area (Å²) in [6.45, 7) is 3.28. The van der Waals surface area contributed by atoms with Gasteiger partial charge in [0.2, 0.25) is 0 Å². The maximum Gasteiger partial charge on any atom is 0.344 e. The quantitative estimate of drug-likeness (QED) is 0.295. The molecule has 2 fully saturated rings. The average Bonchev–Trinajstić information content (AvgIpc) is 3.39. The van der Waals surface area contributed by atoms with Crippen molar-refractivity contribution in [2.24, 2.45) is 28.8 Å². The fraction of sp³-hybridized carbons (Fsp3) is 0.455. The van der Waals surface area contributed by atoms with Gasteiger partial charge in [-0.15, -0.1) is 0 Å². The Morgan fingerprint density at radius 1 is 1.17 bits per heavy atom. The first-order chi connectivity index (χ1) is 14.4. The molecule has 2 bridgehead atoms. The zero-order chi connectivity index (χ0) is 21.4. The lowest BCUT2D eigenvalue weighted by Gasteiger charge is -2.13. The van der Waals surface area contributed by atoms with Crippen LogP contribution < -0.4 is 9.47 Å². The summed E-state index contributed by atoms with van der Waals surface area (Å²) in [5.74, 6) is -0.414. The molecule has 0 radical (unpaired) electrons. The number of carbonyl (C=O) groups excluding carboxylic acids is 3. The number of esters is 1. The van der Waals surface area contributed by atoms with E-state index in [9.17, 15) is 14.4 Å². The number of nitrogens with zero attached hydrogens (tertiary/aromatic N) is 2. The van der Waals surface area contributed by atoms with Crippen LogP contribution in [0.5, 0.6) is 11.5 Å². The highest BCUT2D eigenvalue weighted by molar-refractivity contribution is 6.06. The minimum absolute atomic E-state index is 0.149. The van der Waals surface area contributed by atoms with E-state index < -0.39 is 5.97 Å². The number of ether oxygens (including phenoxy) is 3. The number of hydrogen-bond acceptors (Lipinski definition) is 7. The molecular weight excluding hydrogens is 388 g/mol. The highest BCUT2D eigenvalue weighted by Crippen LogP contribution is 2.52. The number of imide groups is 1. The van der Waals surface area contributed by atoms with Gasteiger partial charge in [0.15, 0.2) is 18.1 Å². The maximum atomic E-state index is 12.7. The molecule has 1 heterocycles. The SMILES string of the molecule is COc1cc(C=NN2C(=O)[C@@H]3[C@H](C2=O)[C@H]2C=C[C@H]3C2)ccc1OCC(=O)OC(C)C. The van der Waals surface area contributed by atoms with Gasteiger partial charge in [-0.05, 0) is 55.9 Å². The van der Waals surface area contributed by atoms with Gasteiger partial charge in [-0.1, -0.05) is 12.2 Å². The van der Waals surface area contributed by atoms with Gasteiger partial charge in [0, 0.05) is 0 Å². The standard InChI is InChI=1S/C22H24N2O6/c1-12(2)30-18(25)11-29-16-7-4-13(8-17(16)28-3)10-23-24-21(26)19-14-5-6-15(9-14)20(19)22(24)27/h4-8,10,12,14-15,19-20H,9,11H2,1-3H3/t14-,15-,19-,20+/m0/s1. The van der Waals surface area contributed by atoms with Crippen LogP contribution in [0, 0.1) is 23.7 Å². The summed E-state index contributed by atoms with van der Waals surface area (Å²) in [6.07, 6.45) is 6.21. The molecule has 1 aromatic rings. The summed E-state index contributed by atoms with van der Waals surface area (Å²) in [5, 5.41) is 5.16. The normalized spacial score (nSPS) is 26.7. The minimum Gasteiger partial charge on any atom is -0.493 e. The highest BCUT2D eigenvalue weighted by Gasteiger charge is 2.59. The van der Waals surface area contributed by atoms with Gasteiger partial charge in [0.05, 0.1) is 31.3 Å². The van der Waals surface area contributed by atoms with Crippen LogP contribution in [0.1, 0.15) is 25.8 Å². The van der Waals surface area contributed by atoms with E-state index in [1.165, 1.54) is 13.3 Å². The van der Waals surface area contributed by atoms with E-state index in [0.717, 1.165) is 11.4 Å². The monoisotopic (exact) mass is 412 g/mol. The number of amides is 2. The van der Waals surface area contributed by atoms with Crippen molar-refractivity contribution in [3.63, 3.8) is 0 Å². The van der Waals surface area contributed by atoms with Gasteiger partial charge in [0.1, 0.15) is 0 Å². The van der Waals surface area contributed by atoms with E-state index in [2.05, 4.69) is 5.10 Å². The van der Waals surface area contributed by atoms with Gasteiger partial charge in [0.25, 0.3) is 11.8 Å². The van der Waals surface area contributed by atoms with Gasteiger partial charge in [-0.3, -0.25) is 9.59 Å². The lowest BCUT2D eigenvalue weighted by molar-refractivity contribution is -0.149. The zero-order valence-corrected chi connectivity index (χ0v) is 17.1. The van der Waals surface area contributed by atoms with E-state index in [1.807, 2.05) is 12.2 Å². The Bertz CT molecular complexity index is 908. The maximum absolute atomic E-state index is 12.7. The smallest absolute Gasteiger partial charge is 0.344 e. The molecule has 4 atom stereocenters. The van der Waals surface area contributed by atoms with Gasteiger partial charge < -0.3 is 14.2 Å². The number of fused-ring (bicyclic) bond motifs is 5. The fourth-order valence-electron chi connectivity index (χ4n) is 4.44. The minimum atomic E-state index is -0.474. The molecular formula is C22H24N2O6. The number of carbonyl (C=O) groups is 3. The van der Waals surface area contributed by atoms with Crippen molar-refractivity contribution in [2.75, 3.05) is 13.7 Å². The number of methoxy groups -OCH3 is 1. The number of allylic oxidation sites excluding steroid dienone is 2. The molecule has 0 N–H and O–H groups in total. The topological polar surface area (TPSA) is 94.5 Å². The molecule has 0 unspecified atom stereocenters. The largest absolute Gasteiger partial charge is 0.493 e. The molecule has 158 valence electrons. The molecule has 30 heavy (non-hydrogen) atoms. The van der Waals surface area contributed by atoms with Crippen LogP contribution in [0.25, 0.3) is 0 Å². The Labute approximate surface area is 174 Å². The molecule has 0 spiro atoms. The van der Waals surface area contributed by atoms with E-state index in [0.29, 0.717) is 17.1 Å². The molecule has 1 saturated carbocycles. The predicted octanol–water partition coefficient (Wildman–Crippen LogP) is 2.17. The Morgan fingerprint density at radius 3 is 2.43 bits per heavy atom. The summed E-state index contributed by atoms with van der Waals surface area (Å²) >= 11 is 0. The predicted molar refractivity (Wildman–Crippen MR) is 107 cm³/mol. The molecule has 2 aliphatic carbocycles. The van der Waals surface area contributed by atoms with E-state index >= 15 is 0 Å². The van der Waals surface area contributed by atoms with Gasteiger partial charge >= 0.3 is 5.97 Å². The summed E-state index contributed by atoms with van der Waals surface area (Å²) < 4.78 is 15.8. The Balaban J connectivity index is 1.44. The van der Waals surface area contributed by atoms with E-state index in [4.69, 9.17) is 14.2 Å². The fourth-order valence-corrected chi connectivity index (χ4v) is 4.44. The first-order valence-electron chi connectivity index (χ1n) is 9.99. The lowest BCUT2D eigenvalue weighted by atomic mass is 9.85. The molecule has 1 aliphatic heterocycles. The highest BCUT2D eigenvalue weighted by atomic mass is 16.6. The molecule has 4 rings (SSSR count). The number of hydrogen-bond donors (Lipinski definition) is 0. The number of benzene rings is 1. The van der Waals surface area contributed by atoms with Gasteiger partial charge in [-0.25, -0.2) is 4.79 Å². The van der Waals surface area contributed by atoms with Crippen LogP contribution in [0.15, 0.2) is 35.5 Å². The third-order valence-corrected chi connectivity index (χ3v) is 5.67. The van der Waals surface area contributed by atoms with Gasteiger partial charge in [-0.2, -0.15) is 10.1 Å². The first-order valence-corrected chi connectivity index (χ1v) is 9.99. The average molecular weight is 412 g/mol. The van der Waals surface area contributed by atoms with Crippen LogP contribution in [0.3, 0.4) is 0 Å². The molecule has 2 amide bonds. The third-order valence-electron chi connectivity index (χ3n) is 5.67. The molecule has 1 aromatic carbocycles. The summed E-state index contributed by atoms with van der Waals surface area (Å²) in [7, 11) is 1.48. The Hall–Kier alpha value is -3.16. The second kappa shape index (κ2) is 7.93. The van der Waals surface area contributed by atoms with Crippen molar-refractivity contribution in [2.45, 2.75) is 26.4 Å². The van der Waals surface area contributed by atoms with Crippen molar-refractivity contribution in [1.82, 2.24) is 5.01 Å². The second-order valence-electron chi connectivity index (χ2n) is 7.97. The lowest BCUT2D eigenvalue weighted by Crippen LogP contribution is -2.28. The van der Waals surface area contributed by atoms with Crippen molar-refractivity contribution >= 4 is 24.0 Å². The zero-order valence-electron chi connectivity index (χ0n) is 17.1. The molecule has 8 nitrogen and oxygen atoms in total. The van der Waals surface area contributed by atoms with Crippen LogP contribution in [-0.2, 0) is 19.1 Å². The third kappa shape index (κ3) is 3.58. The Kier molecular flexibility index (Phi) is 5.32. The Morgan fingerprint density at radius 2 is 1.83 bits per heavy atom. The summed E-state index contributed by atoms with van der Waals surface area (Å²) in [6, 6.07) is 4.99. The van der Waals surface area contributed by atoms with Crippen LogP contribution >= 0.6 is 0 Å². The van der Waals surface area contributed by atoms with Crippen molar-refractivity contribution in [3.05, 3.63) is 35.9 Å².